The molecule has 8 heteroatoms. The minimum absolute atomic E-state index is 0.00124. The number of amides is 2. The van der Waals surface area contributed by atoms with E-state index in [1.165, 1.54) is 4.90 Å². The van der Waals surface area contributed by atoms with Gasteiger partial charge in [-0.1, -0.05) is 80.6 Å². The Labute approximate surface area is 229 Å². The summed E-state index contributed by atoms with van der Waals surface area (Å²) < 4.78 is 10.7. The molecule has 0 heterocycles. The molecule has 3 aromatic rings. The maximum absolute atomic E-state index is 13.2. The highest BCUT2D eigenvalue weighted by molar-refractivity contribution is 5.83. The number of aliphatic carboxylic acids is 1. The smallest absolute Gasteiger partial charge is 0.326 e. The summed E-state index contributed by atoms with van der Waals surface area (Å²) in [7, 11) is 1.55. The molecule has 206 valence electrons. The number of nitrogens with zero attached hydrogens (tertiary/aromatic N) is 1. The molecular weight excluding hydrogens is 496 g/mol. The molecule has 3 rings (SSSR count). The lowest BCUT2D eigenvalue weighted by atomic mass is 9.94. The van der Waals surface area contributed by atoms with E-state index >= 15 is 0 Å². The number of hydrogen-bond acceptors (Lipinski definition) is 5. The van der Waals surface area contributed by atoms with E-state index in [9.17, 15) is 19.5 Å². The highest BCUT2D eigenvalue weighted by Crippen LogP contribution is 2.28. The van der Waals surface area contributed by atoms with Crippen LogP contribution in [0.3, 0.4) is 0 Å². The molecule has 2 N–H and O–H groups in total. The summed E-state index contributed by atoms with van der Waals surface area (Å²) in [4.78, 5) is 39.3. The van der Waals surface area contributed by atoms with Gasteiger partial charge in [0.15, 0.2) is 0 Å². The van der Waals surface area contributed by atoms with Crippen molar-refractivity contribution in [3.8, 4) is 16.9 Å². The number of ether oxygens (including phenoxy) is 2. The monoisotopic (exact) mass is 532 g/mol. The molecule has 0 aliphatic rings. The third-order valence-electron chi connectivity index (χ3n) is 6.12. The third-order valence-corrected chi connectivity index (χ3v) is 6.12. The zero-order valence-electron chi connectivity index (χ0n) is 22.6. The molecule has 2 amide bonds. The van der Waals surface area contributed by atoms with Crippen molar-refractivity contribution in [2.75, 3.05) is 20.2 Å². The Morgan fingerprint density at radius 1 is 0.949 bits per heavy atom. The quantitative estimate of drug-likeness (QED) is 0.295. The van der Waals surface area contributed by atoms with Crippen molar-refractivity contribution in [3.63, 3.8) is 0 Å². The molecule has 3 aromatic carbocycles. The Morgan fingerprint density at radius 2 is 1.62 bits per heavy atom. The molecule has 0 fully saturated rings. The highest BCUT2D eigenvalue weighted by atomic mass is 16.5. The van der Waals surface area contributed by atoms with Crippen molar-refractivity contribution in [1.82, 2.24) is 10.2 Å². The average Bonchev–Trinajstić information content (AvgIpc) is 2.94. The SMILES string of the molecule is COc1ccc(-c2ccccc2)c(C[C@H](NC(=O)N(CCC(=O)OCc2ccccc2)CC(C)C)C(=O)O)c1. The molecule has 0 saturated heterocycles. The molecule has 39 heavy (non-hydrogen) atoms. The minimum atomic E-state index is -1.19. The zero-order valence-corrected chi connectivity index (χ0v) is 22.6. The number of nitrogens with one attached hydrogen (secondary N) is 1. The van der Waals surface area contributed by atoms with Gasteiger partial charge in [-0.05, 0) is 40.3 Å². The van der Waals surface area contributed by atoms with Gasteiger partial charge in [-0.15, -0.1) is 0 Å². The topological polar surface area (TPSA) is 105 Å². The van der Waals surface area contributed by atoms with Gasteiger partial charge < -0.3 is 24.8 Å². The van der Waals surface area contributed by atoms with Crippen LogP contribution in [0.15, 0.2) is 78.9 Å². The molecule has 0 saturated carbocycles. The number of carbonyl (C=O) groups is 3. The van der Waals surface area contributed by atoms with Crippen LogP contribution in [0.25, 0.3) is 11.1 Å². The summed E-state index contributed by atoms with van der Waals surface area (Å²) in [6.45, 7) is 4.52. The first-order valence-corrected chi connectivity index (χ1v) is 13.0. The second kappa shape index (κ2) is 14.6. The lowest BCUT2D eigenvalue weighted by Gasteiger charge is -2.27. The lowest BCUT2D eigenvalue weighted by molar-refractivity contribution is -0.145. The molecule has 0 radical (unpaired) electrons. The van der Waals surface area contributed by atoms with E-state index < -0.39 is 24.0 Å². The molecule has 0 aliphatic heterocycles. The Bertz CT molecular complexity index is 1230. The fraction of sp³-hybridized carbons (Fsp3) is 0.323. The lowest BCUT2D eigenvalue weighted by Crippen LogP contribution is -2.50. The van der Waals surface area contributed by atoms with E-state index in [2.05, 4.69) is 5.32 Å². The van der Waals surface area contributed by atoms with Crippen molar-refractivity contribution >= 4 is 18.0 Å². The summed E-state index contributed by atoms with van der Waals surface area (Å²) in [6.07, 6.45) is 0.0515. The number of esters is 1. The number of benzene rings is 3. The van der Waals surface area contributed by atoms with Crippen molar-refractivity contribution < 1.29 is 29.0 Å². The first-order chi connectivity index (χ1) is 18.8. The van der Waals surface area contributed by atoms with Crippen LogP contribution in [-0.4, -0.2) is 54.2 Å². The van der Waals surface area contributed by atoms with Gasteiger partial charge in [-0.3, -0.25) is 4.79 Å². The number of carboxylic acid groups (broad SMARTS) is 1. The van der Waals surface area contributed by atoms with E-state index in [4.69, 9.17) is 9.47 Å². The Morgan fingerprint density at radius 3 is 2.23 bits per heavy atom. The predicted octanol–water partition coefficient (Wildman–Crippen LogP) is 5.16. The van der Waals surface area contributed by atoms with Crippen LogP contribution in [0.5, 0.6) is 5.75 Å². The number of methoxy groups -OCH3 is 1. The van der Waals surface area contributed by atoms with Crippen molar-refractivity contribution in [3.05, 3.63) is 90.0 Å². The standard InChI is InChI=1S/C31H36N2O6/c1-22(2)20-33(17-16-29(34)39-21-23-10-6-4-7-11-23)31(37)32-28(30(35)36)19-25-18-26(38-3)14-15-27(25)24-12-8-5-9-13-24/h4-15,18,22,28H,16-17,19-21H2,1-3H3,(H,32,37)(H,35,36)/t28-/m0/s1. The van der Waals surface area contributed by atoms with E-state index in [0.717, 1.165) is 22.3 Å². The first-order valence-electron chi connectivity index (χ1n) is 13.0. The molecule has 8 nitrogen and oxygen atoms in total. The highest BCUT2D eigenvalue weighted by Gasteiger charge is 2.26. The van der Waals surface area contributed by atoms with Crippen LogP contribution >= 0.6 is 0 Å². The average molecular weight is 533 g/mol. The van der Waals surface area contributed by atoms with E-state index in [0.29, 0.717) is 12.3 Å². The fourth-order valence-electron chi connectivity index (χ4n) is 4.18. The number of urea groups is 1. The van der Waals surface area contributed by atoms with Crippen molar-refractivity contribution in [2.24, 2.45) is 5.92 Å². The number of hydrogen-bond donors (Lipinski definition) is 2. The van der Waals surface area contributed by atoms with E-state index in [1.807, 2.05) is 86.6 Å². The first kappa shape index (κ1) is 29.2. The zero-order chi connectivity index (χ0) is 28.2. The molecule has 0 spiro atoms. The Hall–Kier alpha value is -4.33. The molecule has 1 atom stereocenters. The maximum Gasteiger partial charge on any atom is 0.326 e. The van der Waals surface area contributed by atoms with Crippen molar-refractivity contribution in [2.45, 2.75) is 39.3 Å². The van der Waals surface area contributed by atoms with Gasteiger partial charge in [0.25, 0.3) is 0 Å². The number of carboxylic acids is 1. The van der Waals surface area contributed by atoms with E-state index in [1.54, 1.807) is 13.2 Å². The third kappa shape index (κ3) is 9.17. The molecule has 0 bridgehead atoms. The van der Waals surface area contributed by atoms with Crippen molar-refractivity contribution in [1.29, 1.82) is 0 Å². The minimum Gasteiger partial charge on any atom is -0.497 e. The van der Waals surface area contributed by atoms with Gasteiger partial charge in [0.05, 0.1) is 13.5 Å². The normalized spacial score (nSPS) is 11.5. The number of carbonyl (C=O) groups excluding carboxylic acids is 2. The maximum atomic E-state index is 13.2. The second-order valence-electron chi connectivity index (χ2n) is 9.67. The van der Waals surface area contributed by atoms with Gasteiger partial charge in [0.1, 0.15) is 18.4 Å². The summed E-state index contributed by atoms with van der Waals surface area (Å²) in [5, 5.41) is 12.7. The van der Waals surface area contributed by atoms with Crippen LogP contribution in [0.2, 0.25) is 0 Å². The van der Waals surface area contributed by atoms with Gasteiger partial charge in [0.2, 0.25) is 0 Å². The number of rotatable bonds is 13. The van der Waals surface area contributed by atoms with Crippen LogP contribution in [0.1, 0.15) is 31.4 Å². The van der Waals surface area contributed by atoms with Gasteiger partial charge in [-0.2, -0.15) is 0 Å². The second-order valence-corrected chi connectivity index (χ2v) is 9.67. The summed E-state index contributed by atoms with van der Waals surface area (Å²) >= 11 is 0. The summed E-state index contributed by atoms with van der Waals surface area (Å²) in [6, 6.07) is 22.7. The van der Waals surface area contributed by atoms with Gasteiger partial charge in [-0.25, -0.2) is 9.59 Å². The fourth-order valence-corrected chi connectivity index (χ4v) is 4.18. The predicted molar refractivity (Wildman–Crippen MR) is 149 cm³/mol. The van der Waals surface area contributed by atoms with Gasteiger partial charge in [0, 0.05) is 19.5 Å². The van der Waals surface area contributed by atoms with Crippen LogP contribution in [0, 0.1) is 5.92 Å². The summed E-state index contributed by atoms with van der Waals surface area (Å²) in [5.74, 6) is -0.881. The van der Waals surface area contributed by atoms with Crippen LogP contribution < -0.4 is 10.1 Å². The Kier molecular flexibility index (Phi) is 10.9. The summed E-state index contributed by atoms with van der Waals surface area (Å²) in [5.41, 5.74) is 3.39. The largest absolute Gasteiger partial charge is 0.497 e. The molecule has 0 unspecified atom stereocenters. The van der Waals surface area contributed by atoms with Crippen LogP contribution in [-0.2, 0) is 27.4 Å². The van der Waals surface area contributed by atoms with Gasteiger partial charge >= 0.3 is 18.0 Å². The molecular formula is C31H36N2O6. The molecule has 0 aromatic heterocycles. The Balaban J connectivity index is 1.70. The molecule has 0 aliphatic carbocycles. The van der Waals surface area contributed by atoms with E-state index in [-0.39, 0.29) is 31.9 Å². The van der Waals surface area contributed by atoms with Crippen LogP contribution in [0.4, 0.5) is 4.79 Å².